The summed E-state index contributed by atoms with van der Waals surface area (Å²) < 4.78 is 0. The molecule has 0 aliphatic rings. The molecule has 140 valence electrons. The van der Waals surface area contributed by atoms with Crippen LogP contribution in [0.3, 0.4) is 0 Å². The third-order valence-corrected chi connectivity index (χ3v) is 5.17. The number of rotatable bonds is 13. The maximum atomic E-state index is 2.67. The largest absolute Gasteiger partial charge is 0.371 e. The third-order valence-electron chi connectivity index (χ3n) is 5.17. The van der Waals surface area contributed by atoms with Gasteiger partial charge in [-0.2, -0.15) is 0 Å². The van der Waals surface area contributed by atoms with Gasteiger partial charge in [-0.1, -0.05) is 84.4 Å². The second-order valence-corrected chi connectivity index (χ2v) is 7.07. The van der Waals surface area contributed by atoms with Crippen molar-refractivity contribution in [2.75, 3.05) is 18.0 Å². The minimum absolute atomic E-state index is 0. The Kier molecular flexibility index (Phi) is 14.2. The Balaban J connectivity index is 0.00000529. The van der Waals surface area contributed by atoms with Crippen molar-refractivity contribution in [3.8, 4) is 0 Å². The number of anilines is 1. The van der Waals surface area contributed by atoms with Crippen LogP contribution >= 0.6 is 12.4 Å². The topological polar surface area (TPSA) is 3.24 Å². The van der Waals surface area contributed by atoms with Gasteiger partial charge in [-0.15, -0.1) is 12.4 Å². The fourth-order valence-corrected chi connectivity index (χ4v) is 3.38. The average Bonchev–Trinajstić information content (AvgIpc) is 2.61. The Bertz CT molecular complexity index is 361. The molecule has 0 amide bonds. The number of hydrogen-bond acceptors (Lipinski definition) is 1. The Morgan fingerprint density at radius 3 is 1.58 bits per heavy atom. The van der Waals surface area contributed by atoms with E-state index in [0.29, 0.717) is 0 Å². The van der Waals surface area contributed by atoms with Crippen LogP contribution in [0.25, 0.3) is 0 Å². The van der Waals surface area contributed by atoms with Crippen LogP contribution in [-0.4, -0.2) is 13.1 Å². The molecule has 2 heteroatoms. The number of benzene rings is 1. The minimum Gasteiger partial charge on any atom is -0.371 e. The zero-order valence-electron chi connectivity index (χ0n) is 16.5. The van der Waals surface area contributed by atoms with Crippen molar-refractivity contribution in [2.24, 2.45) is 11.8 Å². The zero-order chi connectivity index (χ0) is 16.9. The van der Waals surface area contributed by atoms with Gasteiger partial charge in [0.2, 0.25) is 0 Å². The lowest BCUT2D eigenvalue weighted by Crippen LogP contribution is -2.34. The molecule has 0 bridgehead atoms. The van der Waals surface area contributed by atoms with E-state index in [1.807, 2.05) is 0 Å². The number of halogens is 1. The molecule has 0 aliphatic heterocycles. The second-order valence-electron chi connectivity index (χ2n) is 7.07. The number of hydrogen-bond donors (Lipinski definition) is 0. The summed E-state index contributed by atoms with van der Waals surface area (Å²) in [5.74, 6) is 1.66. The molecule has 2 unspecified atom stereocenters. The van der Waals surface area contributed by atoms with Crippen molar-refractivity contribution in [2.45, 2.75) is 79.1 Å². The average molecular weight is 354 g/mol. The Hall–Kier alpha value is -0.690. The number of unbranched alkanes of at least 4 members (excludes halogenated alkanes) is 2. The van der Waals surface area contributed by atoms with Crippen LogP contribution in [0.4, 0.5) is 5.69 Å². The maximum absolute atomic E-state index is 2.67. The van der Waals surface area contributed by atoms with Gasteiger partial charge in [0, 0.05) is 18.8 Å². The SMILES string of the molecule is CCCCC(CC)CN(CC(CC)CCCC)c1ccccc1.Cl. The highest BCUT2D eigenvalue weighted by Gasteiger charge is 2.17. The fraction of sp³-hybridized carbons (Fsp3) is 0.727. The second kappa shape index (κ2) is 14.6. The molecule has 0 fully saturated rings. The monoisotopic (exact) mass is 353 g/mol. The molecule has 0 saturated carbocycles. The standard InChI is InChI=1S/C22H39N.ClH/c1-5-9-14-20(7-3)18-23(22-16-12-11-13-17-22)19-21(8-4)15-10-6-2;/h11-13,16-17,20-21H,5-10,14-15,18-19H2,1-4H3;1H. The van der Waals surface area contributed by atoms with E-state index in [1.165, 1.54) is 70.1 Å². The molecule has 1 aromatic carbocycles. The van der Waals surface area contributed by atoms with E-state index in [-0.39, 0.29) is 12.4 Å². The number of nitrogens with zero attached hydrogens (tertiary/aromatic N) is 1. The zero-order valence-corrected chi connectivity index (χ0v) is 17.3. The molecule has 1 rings (SSSR count). The fourth-order valence-electron chi connectivity index (χ4n) is 3.38. The van der Waals surface area contributed by atoms with Crippen LogP contribution in [0.15, 0.2) is 30.3 Å². The Morgan fingerprint density at radius 1 is 0.750 bits per heavy atom. The van der Waals surface area contributed by atoms with Crippen LogP contribution in [0, 0.1) is 11.8 Å². The molecule has 0 heterocycles. The van der Waals surface area contributed by atoms with Crippen LogP contribution in [0.1, 0.15) is 79.1 Å². The summed E-state index contributed by atoms with van der Waals surface area (Å²) in [6, 6.07) is 11.1. The van der Waals surface area contributed by atoms with Gasteiger partial charge in [0.1, 0.15) is 0 Å². The van der Waals surface area contributed by atoms with Gasteiger partial charge in [0.05, 0.1) is 0 Å². The van der Waals surface area contributed by atoms with Crippen LogP contribution in [0.5, 0.6) is 0 Å². The quantitative estimate of drug-likeness (QED) is 0.358. The van der Waals surface area contributed by atoms with Gasteiger partial charge >= 0.3 is 0 Å². The highest BCUT2D eigenvalue weighted by atomic mass is 35.5. The summed E-state index contributed by atoms with van der Waals surface area (Å²) in [6.07, 6.45) is 10.7. The van der Waals surface area contributed by atoms with Crippen molar-refractivity contribution in [3.05, 3.63) is 30.3 Å². The lowest BCUT2D eigenvalue weighted by molar-refractivity contribution is 0.403. The van der Waals surface area contributed by atoms with E-state index in [1.54, 1.807) is 0 Å². The molecule has 0 radical (unpaired) electrons. The summed E-state index contributed by atoms with van der Waals surface area (Å²) in [5.41, 5.74) is 1.41. The van der Waals surface area contributed by atoms with E-state index >= 15 is 0 Å². The van der Waals surface area contributed by atoms with Gasteiger partial charge in [0.15, 0.2) is 0 Å². The van der Waals surface area contributed by atoms with E-state index in [4.69, 9.17) is 0 Å². The molecule has 0 saturated heterocycles. The Labute approximate surface area is 157 Å². The predicted molar refractivity (Wildman–Crippen MR) is 113 cm³/mol. The summed E-state index contributed by atoms with van der Waals surface area (Å²) in [5, 5.41) is 0. The smallest absolute Gasteiger partial charge is 0.0366 e. The summed E-state index contributed by atoms with van der Waals surface area (Å²) in [6.45, 7) is 11.8. The first-order chi connectivity index (χ1) is 11.2. The van der Waals surface area contributed by atoms with E-state index in [2.05, 4.69) is 62.9 Å². The summed E-state index contributed by atoms with van der Waals surface area (Å²) in [7, 11) is 0. The van der Waals surface area contributed by atoms with Crippen molar-refractivity contribution in [3.63, 3.8) is 0 Å². The first-order valence-electron chi connectivity index (χ1n) is 10.0. The number of para-hydroxylation sites is 1. The van der Waals surface area contributed by atoms with Crippen molar-refractivity contribution in [1.82, 2.24) is 0 Å². The van der Waals surface area contributed by atoms with Crippen LogP contribution < -0.4 is 4.90 Å². The third kappa shape index (κ3) is 8.97. The van der Waals surface area contributed by atoms with Crippen molar-refractivity contribution in [1.29, 1.82) is 0 Å². The molecule has 1 aromatic rings. The van der Waals surface area contributed by atoms with Gasteiger partial charge in [-0.05, 0) is 36.8 Å². The van der Waals surface area contributed by atoms with Gasteiger partial charge in [-0.3, -0.25) is 0 Å². The molecule has 0 aliphatic carbocycles. The normalized spacial score (nSPS) is 13.2. The van der Waals surface area contributed by atoms with Crippen LogP contribution in [0.2, 0.25) is 0 Å². The first-order valence-corrected chi connectivity index (χ1v) is 10.0. The lowest BCUT2D eigenvalue weighted by Gasteiger charge is -2.32. The molecule has 2 atom stereocenters. The molecule has 0 N–H and O–H groups in total. The highest BCUT2D eigenvalue weighted by Crippen LogP contribution is 2.23. The van der Waals surface area contributed by atoms with Gasteiger partial charge in [-0.25, -0.2) is 0 Å². The first kappa shape index (κ1) is 23.3. The van der Waals surface area contributed by atoms with Gasteiger partial charge < -0.3 is 4.90 Å². The molecular formula is C22H40ClN. The molecule has 0 aromatic heterocycles. The predicted octanol–water partition coefficient (Wildman–Crippen LogP) is 7.35. The van der Waals surface area contributed by atoms with E-state index in [9.17, 15) is 0 Å². The lowest BCUT2D eigenvalue weighted by atomic mass is 9.95. The van der Waals surface area contributed by atoms with E-state index in [0.717, 1.165) is 11.8 Å². The maximum Gasteiger partial charge on any atom is 0.0366 e. The summed E-state index contributed by atoms with van der Waals surface area (Å²) >= 11 is 0. The van der Waals surface area contributed by atoms with E-state index < -0.39 is 0 Å². The molecule has 1 nitrogen and oxygen atoms in total. The molecule has 0 spiro atoms. The van der Waals surface area contributed by atoms with Crippen molar-refractivity contribution < 1.29 is 0 Å². The Morgan fingerprint density at radius 2 is 1.21 bits per heavy atom. The van der Waals surface area contributed by atoms with Gasteiger partial charge in [0.25, 0.3) is 0 Å². The summed E-state index contributed by atoms with van der Waals surface area (Å²) in [4.78, 5) is 2.67. The molecule has 24 heavy (non-hydrogen) atoms. The minimum atomic E-state index is 0. The van der Waals surface area contributed by atoms with Crippen molar-refractivity contribution >= 4 is 18.1 Å². The highest BCUT2D eigenvalue weighted by molar-refractivity contribution is 5.85. The molecular weight excluding hydrogens is 314 g/mol. The van der Waals surface area contributed by atoms with Crippen LogP contribution in [-0.2, 0) is 0 Å².